The lowest BCUT2D eigenvalue weighted by atomic mass is 10.2. The quantitative estimate of drug-likeness (QED) is 0.879. The molecule has 5 heteroatoms. The Morgan fingerprint density at radius 2 is 2.18 bits per heavy atom. The molecule has 17 heavy (non-hydrogen) atoms. The Bertz CT molecular complexity index is 557. The first kappa shape index (κ1) is 10.5. The zero-order valence-corrected chi connectivity index (χ0v) is 10.1. The van der Waals surface area contributed by atoms with Crippen LogP contribution < -0.4 is 0 Å². The number of rotatable bonds is 3. The summed E-state index contributed by atoms with van der Waals surface area (Å²) in [5, 5.41) is 14.8. The molecule has 0 atom stereocenters. The molecular weight excluding hydrogens is 216 g/mol. The summed E-state index contributed by atoms with van der Waals surface area (Å²) in [6.07, 6.45) is 5.01. The maximum atomic E-state index is 9.88. The van der Waals surface area contributed by atoms with Gasteiger partial charge in [0.2, 0.25) is 5.88 Å². The lowest BCUT2D eigenvalue weighted by molar-refractivity contribution is 0.455. The molecule has 0 amide bonds. The molecule has 2 aromatic heterocycles. The topological polar surface area (TPSA) is 63.8 Å². The second-order valence-corrected chi connectivity index (χ2v) is 5.03. The van der Waals surface area contributed by atoms with E-state index >= 15 is 0 Å². The number of hydrogen-bond acceptors (Lipinski definition) is 4. The van der Waals surface area contributed by atoms with E-state index in [1.165, 1.54) is 12.8 Å². The predicted molar refractivity (Wildman–Crippen MR) is 63.8 cm³/mol. The van der Waals surface area contributed by atoms with Crippen molar-refractivity contribution in [1.82, 2.24) is 19.7 Å². The Kier molecular flexibility index (Phi) is 2.28. The van der Waals surface area contributed by atoms with Crippen LogP contribution in [-0.2, 0) is 6.42 Å². The summed E-state index contributed by atoms with van der Waals surface area (Å²) in [6.45, 7) is 4.10. The molecule has 1 aliphatic rings. The van der Waals surface area contributed by atoms with Gasteiger partial charge in [-0.1, -0.05) is 0 Å². The second kappa shape index (κ2) is 3.68. The third-order valence-corrected chi connectivity index (χ3v) is 3.14. The average molecular weight is 232 g/mol. The van der Waals surface area contributed by atoms with Crippen molar-refractivity contribution in [3.05, 3.63) is 12.0 Å². The molecule has 3 rings (SSSR count). The molecule has 0 spiro atoms. The van der Waals surface area contributed by atoms with Crippen molar-refractivity contribution in [2.24, 2.45) is 5.92 Å². The molecule has 1 saturated carbocycles. The highest BCUT2D eigenvalue weighted by molar-refractivity contribution is 5.79. The maximum absolute atomic E-state index is 9.88. The molecule has 0 aromatic carbocycles. The third-order valence-electron chi connectivity index (χ3n) is 3.14. The van der Waals surface area contributed by atoms with Crippen LogP contribution in [0.3, 0.4) is 0 Å². The van der Waals surface area contributed by atoms with Crippen molar-refractivity contribution in [1.29, 1.82) is 0 Å². The first-order valence-electron chi connectivity index (χ1n) is 6.08. The zero-order chi connectivity index (χ0) is 12.0. The molecule has 0 unspecified atom stereocenters. The molecule has 1 aliphatic carbocycles. The third kappa shape index (κ3) is 1.85. The standard InChI is InChI=1S/C12H16N4O/c1-7(2)16-11-9(6-13-16)12(17)15-10(14-11)5-8-3-4-8/h6-8H,3-5H2,1-2H3,(H,14,15,17). The highest BCUT2D eigenvalue weighted by Gasteiger charge is 2.24. The van der Waals surface area contributed by atoms with Gasteiger partial charge < -0.3 is 5.11 Å². The first-order valence-corrected chi connectivity index (χ1v) is 6.08. The van der Waals surface area contributed by atoms with Crippen LogP contribution in [0.4, 0.5) is 0 Å². The fourth-order valence-electron chi connectivity index (χ4n) is 2.00. The summed E-state index contributed by atoms with van der Waals surface area (Å²) in [7, 11) is 0. The Morgan fingerprint density at radius 1 is 1.41 bits per heavy atom. The summed E-state index contributed by atoms with van der Waals surface area (Å²) in [6, 6.07) is 0.232. The SMILES string of the molecule is CC(C)n1ncc2c(O)nc(CC3CC3)nc21. The maximum Gasteiger partial charge on any atom is 0.225 e. The van der Waals surface area contributed by atoms with Gasteiger partial charge >= 0.3 is 0 Å². The van der Waals surface area contributed by atoms with E-state index in [0.29, 0.717) is 11.3 Å². The molecule has 90 valence electrons. The lowest BCUT2D eigenvalue weighted by Crippen LogP contribution is -2.05. The van der Waals surface area contributed by atoms with Crippen molar-refractivity contribution in [3.63, 3.8) is 0 Å². The summed E-state index contributed by atoms with van der Waals surface area (Å²) in [4.78, 5) is 8.67. The second-order valence-electron chi connectivity index (χ2n) is 5.03. The minimum absolute atomic E-state index is 0.0533. The van der Waals surface area contributed by atoms with Crippen LogP contribution in [0.15, 0.2) is 6.20 Å². The Hall–Kier alpha value is -1.65. The average Bonchev–Trinajstić information content (AvgIpc) is 2.95. The van der Waals surface area contributed by atoms with Gasteiger partial charge in [0, 0.05) is 12.5 Å². The molecule has 2 heterocycles. The molecule has 0 radical (unpaired) electrons. The minimum Gasteiger partial charge on any atom is -0.493 e. The van der Waals surface area contributed by atoms with E-state index < -0.39 is 0 Å². The van der Waals surface area contributed by atoms with Crippen LogP contribution in [-0.4, -0.2) is 24.9 Å². The fourth-order valence-corrected chi connectivity index (χ4v) is 2.00. The highest BCUT2D eigenvalue weighted by atomic mass is 16.3. The van der Waals surface area contributed by atoms with Crippen LogP contribution in [0.1, 0.15) is 38.6 Å². The number of aromatic hydroxyl groups is 1. The summed E-state index contributed by atoms with van der Waals surface area (Å²) in [5.41, 5.74) is 0.739. The van der Waals surface area contributed by atoms with E-state index in [1.807, 2.05) is 18.5 Å². The van der Waals surface area contributed by atoms with Crippen molar-refractivity contribution in [3.8, 4) is 5.88 Å². The van der Waals surface area contributed by atoms with Crippen molar-refractivity contribution < 1.29 is 5.11 Å². The van der Waals surface area contributed by atoms with Crippen molar-refractivity contribution in [2.75, 3.05) is 0 Å². The van der Waals surface area contributed by atoms with E-state index in [1.54, 1.807) is 6.20 Å². The first-order chi connectivity index (χ1) is 8.15. The van der Waals surface area contributed by atoms with Crippen molar-refractivity contribution in [2.45, 2.75) is 39.2 Å². The smallest absolute Gasteiger partial charge is 0.225 e. The van der Waals surface area contributed by atoms with Crippen LogP contribution in [0.2, 0.25) is 0 Å². The van der Waals surface area contributed by atoms with Gasteiger partial charge in [-0.05, 0) is 32.6 Å². The Morgan fingerprint density at radius 3 is 2.82 bits per heavy atom. The van der Waals surface area contributed by atoms with Crippen LogP contribution in [0, 0.1) is 5.92 Å². The number of hydrogen-bond donors (Lipinski definition) is 1. The molecular formula is C12H16N4O. The molecule has 0 bridgehead atoms. The zero-order valence-electron chi connectivity index (χ0n) is 10.1. The van der Waals surface area contributed by atoms with Gasteiger partial charge in [-0.3, -0.25) is 0 Å². The van der Waals surface area contributed by atoms with E-state index in [9.17, 15) is 5.11 Å². The largest absolute Gasteiger partial charge is 0.493 e. The molecule has 2 aromatic rings. The van der Waals surface area contributed by atoms with Gasteiger partial charge in [0.05, 0.1) is 6.20 Å². The lowest BCUT2D eigenvalue weighted by Gasteiger charge is -2.07. The molecule has 1 fully saturated rings. The monoisotopic (exact) mass is 232 g/mol. The molecule has 0 saturated heterocycles. The molecule has 0 aliphatic heterocycles. The van der Waals surface area contributed by atoms with Crippen LogP contribution >= 0.6 is 0 Å². The van der Waals surface area contributed by atoms with Gasteiger partial charge in [-0.15, -0.1) is 0 Å². The van der Waals surface area contributed by atoms with Crippen LogP contribution in [0.25, 0.3) is 11.0 Å². The fraction of sp³-hybridized carbons (Fsp3) is 0.583. The van der Waals surface area contributed by atoms with Gasteiger partial charge in [0.25, 0.3) is 0 Å². The van der Waals surface area contributed by atoms with Gasteiger partial charge in [-0.2, -0.15) is 10.1 Å². The van der Waals surface area contributed by atoms with E-state index in [-0.39, 0.29) is 11.9 Å². The Balaban J connectivity index is 2.10. The summed E-state index contributed by atoms with van der Waals surface area (Å²) < 4.78 is 1.83. The van der Waals surface area contributed by atoms with Gasteiger partial charge in [0.1, 0.15) is 11.2 Å². The minimum atomic E-state index is 0.0533. The van der Waals surface area contributed by atoms with E-state index in [0.717, 1.165) is 17.9 Å². The highest BCUT2D eigenvalue weighted by Crippen LogP contribution is 2.33. The van der Waals surface area contributed by atoms with Crippen LogP contribution in [0.5, 0.6) is 5.88 Å². The summed E-state index contributed by atoms with van der Waals surface area (Å²) >= 11 is 0. The van der Waals surface area contributed by atoms with Crippen molar-refractivity contribution >= 4 is 11.0 Å². The number of fused-ring (bicyclic) bond motifs is 1. The molecule has 5 nitrogen and oxygen atoms in total. The molecule has 1 N–H and O–H groups in total. The number of nitrogens with zero attached hydrogens (tertiary/aromatic N) is 4. The Labute approximate surface area is 99.5 Å². The van der Waals surface area contributed by atoms with Gasteiger partial charge in [0.15, 0.2) is 5.65 Å². The predicted octanol–water partition coefficient (Wildman–Crippen LogP) is 2.07. The van der Waals surface area contributed by atoms with E-state index in [2.05, 4.69) is 15.1 Å². The normalized spacial score (nSPS) is 15.9. The van der Waals surface area contributed by atoms with Gasteiger partial charge in [-0.25, -0.2) is 9.67 Å². The number of aromatic nitrogens is 4. The van der Waals surface area contributed by atoms with E-state index in [4.69, 9.17) is 0 Å². The summed E-state index contributed by atoms with van der Waals surface area (Å²) in [5.74, 6) is 1.50.